The molecule has 12 nitrogen and oxygen atoms in total. The molecule has 0 aliphatic rings. The molecular weight excluding hydrogens is 840 g/mol. The molecule has 21 heteroatoms. The van der Waals surface area contributed by atoms with Gasteiger partial charge in [0.2, 0.25) is 0 Å². The molecule has 0 fully saturated rings. The van der Waals surface area contributed by atoms with Gasteiger partial charge in [-0.2, -0.15) is 0 Å². The zero-order valence-corrected chi connectivity index (χ0v) is 32.4. The van der Waals surface area contributed by atoms with Gasteiger partial charge in [0.1, 0.15) is 0 Å². The molecule has 0 bridgehead atoms. The number of aliphatic carboxylic acids is 6. The fraction of sp³-hybridized carbons (Fsp3) is 0.625. The molecule has 6 N–H and O–H groups in total. The van der Waals surface area contributed by atoms with Crippen molar-refractivity contribution in [2.75, 3.05) is 0 Å². The Labute approximate surface area is 288 Å². The first-order valence-corrected chi connectivity index (χ1v) is 11.8. The maximum Gasteiger partial charge on any atom is 0 e. The van der Waals surface area contributed by atoms with Crippen LogP contribution in [-0.2, 0) is 113 Å². The summed E-state index contributed by atoms with van der Waals surface area (Å²) in [6.45, 7) is 6.50. The molecule has 0 radical (unpaired) electrons. The van der Waals surface area contributed by atoms with Crippen LogP contribution in [0.4, 0.5) is 0 Å². The van der Waals surface area contributed by atoms with Gasteiger partial charge in [-0.15, -0.1) is 0 Å². The van der Waals surface area contributed by atoms with Gasteiger partial charge in [0.05, 0.1) is 0 Å². The molecule has 0 aromatic heterocycles. The molecule has 0 heterocycles. The zero-order chi connectivity index (χ0) is 26.9. The Morgan fingerprint density at radius 1 is 0.378 bits per heavy atom. The van der Waals surface area contributed by atoms with E-state index in [0.717, 1.165) is 41.5 Å². The SMILES string of the molecule is C.C.C.C.CC(=O)O.CC(=O)O.CC(=O)O.CC(=O)O.CC(=O)O.CC(=O)O.[Cl][Co][Cl].[Cl][Co][Cl].[Zn].[Zn].[Zn]. The summed E-state index contributed by atoms with van der Waals surface area (Å²) < 4.78 is 0. The monoisotopic (exact) mass is 874 g/mol. The van der Waals surface area contributed by atoms with Gasteiger partial charge in [-0.3, -0.25) is 28.8 Å². The molecule has 0 aliphatic heterocycles. The summed E-state index contributed by atoms with van der Waals surface area (Å²) in [5.41, 5.74) is 0. The average molecular weight is 880 g/mol. The van der Waals surface area contributed by atoms with Crippen molar-refractivity contribution in [3.63, 3.8) is 0 Å². The first-order valence-electron chi connectivity index (χ1n) is 6.07. The van der Waals surface area contributed by atoms with E-state index in [0.29, 0.717) is 25.8 Å². The molecule has 0 amide bonds. The van der Waals surface area contributed by atoms with Crippen molar-refractivity contribution in [2.45, 2.75) is 71.2 Å². The fourth-order valence-corrected chi connectivity index (χ4v) is 0. The molecule has 0 aromatic rings. The van der Waals surface area contributed by atoms with Crippen LogP contribution < -0.4 is 0 Å². The standard InChI is InChI=1S/6C2H4O2.4CH4.4ClH.2Co.3Zn/c6*1-2(3)4;;;;;;;;;;;;;/h6*1H3,(H,3,4);4*1H4;4*1H;;;;;/q;;;;;;;;;;;;;;2*+2;;;/p-4. The molecule has 0 spiro atoms. The Kier molecular flexibility index (Phi) is 290. The third-order valence-corrected chi connectivity index (χ3v) is 0. The minimum Gasteiger partial charge on any atom is 0 e. The van der Waals surface area contributed by atoms with E-state index in [9.17, 15) is 0 Å². The van der Waals surface area contributed by atoms with Crippen molar-refractivity contribution in [2.24, 2.45) is 0 Å². The van der Waals surface area contributed by atoms with Gasteiger partial charge in [0.25, 0.3) is 35.8 Å². The van der Waals surface area contributed by atoms with Crippen LogP contribution in [0.3, 0.4) is 0 Å². The molecule has 0 rings (SSSR count). The van der Waals surface area contributed by atoms with E-state index >= 15 is 0 Å². The Hall–Kier alpha value is 0.863. The van der Waals surface area contributed by atoms with Crippen molar-refractivity contribution in [3.05, 3.63) is 0 Å². The Bertz CT molecular complexity index is 327. The molecule has 0 aliphatic carbocycles. The molecule has 0 saturated heterocycles. The number of carboxylic acids is 6. The van der Waals surface area contributed by atoms with E-state index in [1.54, 1.807) is 0 Å². The van der Waals surface area contributed by atoms with Gasteiger partial charge in [0.15, 0.2) is 0 Å². The number of hydrogen-bond acceptors (Lipinski definition) is 6. The van der Waals surface area contributed by atoms with Crippen LogP contribution >= 0.6 is 40.6 Å². The van der Waals surface area contributed by atoms with Crippen LogP contribution in [0, 0.1) is 0 Å². The van der Waals surface area contributed by atoms with E-state index < -0.39 is 35.8 Å². The van der Waals surface area contributed by atoms with Crippen LogP contribution in [0.5, 0.6) is 0 Å². The molecule has 0 aromatic carbocycles. The zero-order valence-electron chi connectivity index (χ0n) is 18.4. The third kappa shape index (κ3) is 60100. The van der Waals surface area contributed by atoms with E-state index in [2.05, 4.69) is 0 Å². The summed E-state index contributed by atoms with van der Waals surface area (Å²) in [7, 11) is 18.9. The molecule has 0 unspecified atom stereocenters. The topological polar surface area (TPSA) is 224 Å². The predicted molar refractivity (Wildman–Crippen MR) is 130 cm³/mol. The van der Waals surface area contributed by atoms with Gasteiger partial charge in [-0.25, -0.2) is 0 Å². The van der Waals surface area contributed by atoms with Crippen LogP contribution in [-0.4, -0.2) is 66.5 Å². The summed E-state index contributed by atoms with van der Waals surface area (Å²) in [5, 5.41) is 44.5. The first-order chi connectivity index (χ1) is 13.2. The van der Waals surface area contributed by atoms with Crippen molar-refractivity contribution < 1.29 is 144 Å². The van der Waals surface area contributed by atoms with Gasteiger partial charge in [-0.1, -0.05) is 29.7 Å². The predicted octanol–water partition coefficient (Wildman–Crippen LogP) is 5.84. The largest absolute Gasteiger partial charge is 0 e. The third-order valence-electron chi connectivity index (χ3n) is 0. The van der Waals surface area contributed by atoms with Crippen LogP contribution in [0.25, 0.3) is 0 Å². The van der Waals surface area contributed by atoms with E-state index in [1.165, 1.54) is 0 Å². The number of carboxylic acid groups (broad SMARTS) is 6. The first kappa shape index (κ1) is 98.4. The van der Waals surface area contributed by atoms with Crippen molar-refractivity contribution in [1.82, 2.24) is 0 Å². The van der Waals surface area contributed by atoms with Gasteiger partial charge in [-0.05, 0) is 0 Å². The van der Waals surface area contributed by atoms with Crippen LogP contribution in [0.2, 0.25) is 0 Å². The second-order valence-corrected chi connectivity index (χ2v) is 6.65. The normalized spacial score (nSPS) is 5.24. The number of rotatable bonds is 0. The van der Waals surface area contributed by atoms with Gasteiger partial charge in [0, 0.05) is 100.0 Å². The van der Waals surface area contributed by atoms with E-state index in [-0.39, 0.29) is 88.1 Å². The van der Waals surface area contributed by atoms with Crippen LogP contribution in [0.1, 0.15) is 71.2 Å². The second kappa shape index (κ2) is 109. The second-order valence-electron chi connectivity index (χ2n) is 3.21. The van der Waals surface area contributed by atoms with E-state index in [4.69, 9.17) is 100.0 Å². The minimum absolute atomic E-state index is 0. The summed E-state index contributed by atoms with van der Waals surface area (Å²) in [6.07, 6.45) is 0. The fourth-order valence-electron chi connectivity index (χ4n) is 0. The van der Waals surface area contributed by atoms with Gasteiger partial charge < -0.3 is 30.6 Å². The van der Waals surface area contributed by atoms with Crippen molar-refractivity contribution in [1.29, 1.82) is 0 Å². The van der Waals surface area contributed by atoms with Crippen molar-refractivity contribution >= 4 is 76.4 Å². The summed E-state index contributed by atoms with van der Waals surface area (Å²) in [6, 6.07) is 0. The number of hydrogen-bond donors (Lipinski definition) is 6. The van der Waals surface area contributed by atoms with E-state index in [1.807, 2.05) is 0 Å². The Balaban J connectivity index is -0.0000000112. The molecule has 0 atom stereocenters. The number of halogens is 4. The van der Waals surface area contributed by atoms with Crippen LogP contribution in [0.15, 0.2) is 0 Å². The Morgan fingerprint density at radius 3 is 0.378 bits per heavy atom. The average Bonchev–Trinajstić information content (AvgIpc) is 2.34. The Morgan fingerprint density at radius 2 is 0.378 bits per heavy atom. The maximum absolute atomic E-state index is 9.00. The molecule has 0 saturated carbocycles. The van der Waals surface area contributed by atoms with Crippen molar-refractivity contribution in [3.8, 4) is 0 Å². The minimum atomic E-state index is -0.833. The maximum atomic E-state index is 9.00. The summed E-state index contributed by atoms with van der Waals surface area (Å²) in [4.78, 5) is 54.0. The summed E-state index contributed by atoms with van der Waals surface area (Å²) in [5.74, 6) is -5.00. The quantitative estimate of drug-likeness (QED) is 0.158. The molecule has 228 valence electrons. The molecular formula is C16H40Cl4Co2O12Zn3. The number of carbonyl (C=O) groups is 6. The van der Waals surface area contributed by atoms with Gasteiger partial charge >= 0.3 is 66.4 Å². The summed E-state index contributed by atoms with van der Waals surface area (Å²) >= 11 is 0.764. The molecule has 37 heavy (non-hydrogen) atoms. The smallest absolute Gasteiger partial charge is 0 e.